The molecule has 0 aliphatic rings. The Morgan fingerprint density at radius 1 is 1.14 bits per heavy atom. The molecule has 0 unspecified atom stereocenters. The molecule has 35 heavy (non-hydrogen) atoms. The number of hydrogen-bond donors (Lipinski definition) is 2. The topological polar surface area (TPSA) is 110 Å². The highest BCUT2D eigenvalue weighted by Gasteiger charge is 2.18. The van der Waals surface area contributed by atoms with E-state index in [1.165, 1.54) is 0 Å². The number of aromatic amines is 1. The van der Waals surface area contributed by atoms with Gasteiger partial charge in [-0.1, -0.05) is 24.2 Å². The summed E-state index contributed by atoms with van der Waals surface area (Å²) >= 11 is 0. The van der Waals surface area contributed by atoms with E-state index >= 15 is 4.39 Å². The number of benzene rings is 2. The van der Waals surface area contributed by atoms with Crippen LogP contribution in [0.4, 0.5) is 4.39 Å². The van der Waals surface area contributed by atoms with Crippen LogP contribution in [0.3, 0.4) is 0 Å². The Bertz CT molecular complexity index is 1400. The SMILES string of the molecule is CCOc1cccc(-c2nc(Cc3c(CC)cc(OCc4noc(=O)[nH]4)c(F)c3C)ccc2O)c1. The van der Waals surface area contributed by atoms with E-state index in [4.69, 9.17) is 9.47 Å². The van der Waals surface area contributed by atoms with Crippen molar-refractivity contribution < 1.29 is 23.5 Å². The fourth-order valence-electron chi connectivity index (χ4n) is 3.89. The highest BCUT2D eigenvalue weighted by Crippen LogP contribution is 2.33. The van der Waals surface area contributed by atoms with Gasteiger partial charge in [0, 0.05) is 17.7 Å². The van der Waals surface area contributed by atoms with E-state index in [0.29, 0.717) is 42.1 Å². The number of aromatic hydroxyl groups is 1. The second-order valence-corrected chi connectivity index (χ2v) is 7.94. The number of aromatic nitrogens is 3. The van der Waals surface area contributed by atoms with Crippen LogP contribution >= 0.6 is 0 Å². The van der Waals surface area contributed by atoms with Crippen LogP contribution in [-0.2, 0) is 19.4 Å². The van der Waals surface area contributed by atoms with E-state index in [1.54, 1.807) is 25.1 Å². The first kappa shape index (κ1) is 24.0. The number of nitrogens with zero attached hydrogens (tertiary/aromatic N) is 2. The van der Waals surface area contributed by atoms with E-state index in [-0.39, 0.29) is 23.9 Å². The maximum absolute atomic E-state index is 15.2. The minimum absolute atomic E-state index is 0.0515. The zero-order valence-electron chi connectivity index (χ0n) is 19.7. The number of pyridine rings is 1. The summed E-state index contributed by atoms with van der Waals surface area (Å²) in [4.78, 5) is 18.1. The molecule has 0 radical (unpaired) electrons. The zero-order valence-corrected chi connectivity index (χ0v) is 19.7. The fraction of sp³-hybridized carbons (Fsp3) is 0.269. The number of ether oxygens (including phenoxy) is 2. The summed E-state index contributed by atoms with van der Waals surface area (Å²) in [5.41, 5.74) is 4.00. The van der Waals surface area contributed by atoms with Crippen LogP contribution in [0.2, 0.25) is 0 Å². The molecule has 0 saturated heterocycles. The molecule has 0 fully saturated rings. The highest BCUT2D eigenvalue weighted by atomic mass is 19.1. The Morgan fingerprint density at radius 3 is 2.69 bits per heavy atom. The van der Waals surface area contributed by atoms with Gasteiger partial charge in [0.2, 0.25) is 0 Å². The lowest BCUT2D eigenvalue weighted by atomic mass is 9.94. The number of hydrogen-bond acceptors (Lipinski definition) is 7. The molecule has 4 rings (SSSR count). The lowest BCUT2D eigenvalue weighted by Crippen LogP contribution is -2.07. The molecule has 2 heterocycles. The molecular formula is C26H26FN3O5. The van der Waals surface area contributed by atoms with Gasteiger partial charge in [0.05, 0.1) is 6.61 Å². The van der Waals surface area contributed by atoms with Crippen LogP contribution in [0.1, 0.15) is 42.1 Å². The van der Waals surface area contributed by atoms with E-state index in [9.17, 15) is 9.90 Å². The second kappa shape index (κ2) is 10.4. The summed E-state index contributed by atoms with van der Waals surface area (Å²) in [5.74, 6) is -0.215. The Balaban J connectivity index is 1.63. The van der Waals surface area contributed by atoms with Crippen molar-refractivity contribution in [2.75, 3.05) is 6.61 Å². The molecule has 0 saturated carbocycles. The van der Waals surface area contributed by atoms with Crippen molar-refractivity contribution in [2.45, 2.75) is 40.2 Å². The molecule has 0 amide bonds. The summed E-state index contributed by atoms with van der Waals surface area (Å²) in [6.07, 6.45) is 1.02. The van der Waals surface area contributed by atoms with E-state index < -0.39 is 11.6 Å². The summed E-state index contributed by atoms with van der Waals surface area (Å²) in [7, 11) is 0. The molecule has 2 aromatic carbocycles. The van der Waals surface area contributed by atoms with Gasteiger partial charge in [0.1, 0.15) is 23.8 Å². The second-order valence-electron chi connectivity index (χ2n) is 7.94. The standard InChI is InChI=1S/C26H26FN3O5/c1-4-16-12-22(34-14-23-29-26(32)35-30-23)24(27)15(3)20(16)13-18-9-10-21(31)25(28-18)17-7-6-8-19(11-17)33-5-2/h6-12,31H,4-5,13-14H2,1-3H3,(H,29,30,32). The van der Waals surface area contributed by atoms with Gasteiger partial charge < -0.3 is 14.6 Å². The van der Waals surface area contributed by atoms with Gasteiger partial charge in [-0.25, -0.2) is 14.2 Å². The molecule has 4 aromatic rings. The molecular weight excluding hydrogens is 453 g/mol. The lowest BCUT2D eigenvalue weighted by molar-refractivity contribution is 0.271. The van der Waals surface area contributed by atoms with Crippen molar-refractivity contribution in [1.29, 1.82) is 0 Å². The zero-order chi connectivity index (χ0) is 24.9. The van der Waals surface area contributed by atoms with Crippen molar-refractivity contribution >= 4 is 0 Å². The van der Waals surface area contributed by atoms with Gasteiger partial charge in [-0.2, -0.15) is 0 Å². The van der Waals surface area contributed by atoms with Crippen molar-refractivity contribution in [3.8, 4) is 28.5 Å². The van der Waals surface area contributed by atoms with E-state index in [2.05, 4.69) is 19.6 Å². The maximum Gasteiger partial charge on any atom is 0.439 e. The molecule has 0 atom stereocenters. The molecule has 0 aliphatic heterocycles. The fourth-order valence-corrected chi connectivity index (χ4v) is 3.89. The molecule has 9 heteroatoms. The average molecular weight is 480 g/mol. The third-order valence-electron chi connectivity index (χ3n) is 5.63. The van der Waals surface area contributed by atoms with Crippen LogP contribution in [0.15, 0.2) is 51.8 Å². The number of rotatable bonds is 9. The minimum atomic E-state index is -0.699. The van der Waals surface area contributed by atoms with Gasteiger partial charge in [0.15, 0.2) is 17.4 Å². The van der Waals surface area contributed by atoms with Crippen LogP contribution in [0, 0.1) is 12.7 Å². The maximum atomic E-state index is 15.2. The first-order valence-electron chi connectivity index (χ1n) is 11.3. The third-order valence-corrected chi connectivity index (χ3v) is 5.63. The first-order chi connectivity index (χ1) is 16.9. The molecule has 182 valence electrons. The highest BCUT2D eigenvalue weighted by molar-refractivity contribution is 5.67. The van der Waals surface area contributed by atoms with E-state index in [0.717, 1.165) is 16.7 Å². The van der Waals surface area contributed by atoms with Crippen molar-refractivity contribution in [1.82, 2.24) is 15.1 Å². The summed E-state index contributed by atoms with van der Waals surface area (Å²) in [5, 5.41) is 14.0. The lowest BCUT2D eigenvalue weighted by Gasteiger charge is -2.17. The Kier molecular flexibility index (Phi) is 7.14. The first-order valence-corrected chi connectivity index (χ1v) is 11.3. The Hall–Kier alpha value is -4.14. The molecule has 0 aliphatic carbocycles. The Labute approximate surface area is 201 Å². The van der Waals surface area contributed by atoms with Crippen LogP contribution in [-0.4, -0.2) is 26.8 Å². The van der Waals surface area contributed by atoms with E-state index in [1.807, 2.05) is 38.1 Å². The van der Waals surface area contributed by atoms with Crippen molar-refractivity contribution in [3.63, 3.8) is 0 Å². The normalized spacial score (nSPS) is 11.0. The van der Waals surface area contributed by atoms with Crippen molar-refractivity contribution in [3.05, 3.63) is 87.0 Å². The molecule has 0 bridgehead atoms. The molecule has 2 aromatic heterocycles. The predicted octanol–water partition coefficient (Wildman–Crippen LogP) is 4.71. The number of halogens is 1. The van der Waals surface area contributed by atoms with Gasteiger partial charge in [-0.15, -0.1) is 0 Å². The number of nitrogens with one attached hydrogen (secondary N) is 1. The summed E-state index contributed by atoms with van der Waals surface area (Å²) in [6, 6.07) is 12.3. The van der Waals surface area contributed by atoms with Gasteiger partial charge in [-0.3, -0.25) is 9.51 Å². The van der Waals surface area contributed by atoms with Gasteiger partial charge >= 0.3 is 5.76 Å². The number of aryl methyl sites for hydroxylation is 1. The predicted molar refractivity (Wildman–Crippen MR) is 127 cm³/mol. The smallest absolute Gasteiger partial charge is 0.439 e. The molecule has 8 nitrogen and oxygen atoms in total. The number of H-pyrrole nitrogens is 1. The quantitative estimate of drug-likeness (QED) is 0.358. The minimum Gasteiger partial charge on any atom is -0.506 e. The largest absolute Gasteiger partial charge is 0.506 e. The van der Waals surface area contributed by atoms with Crippen molar-refractivity contribution in [2.24, 2.45) is 0 Å². The third kappa shape index (κ3) is 5.34. The molecule has 2 N–H and O–H groups in total. The Morgan fingerprint density at radius 2 is 1.97 bits per heavy atom. The monoisotopic (exact) mass is 479 g/mol. The average Bonchev–Trinajstić information content (AvgIpc) is 3.28. The van der Waals surface area contributed by atoms with Crippen LogP contribution in [0.5, 0.6) is 17.2 Å². The van der Waals surface area contributed by atoms with Crippen LogP contribution in [0.25, 0.3) is 11.3 Å². The van der Waals surface area contributed by atoms with Gasteiger partial charge in [0.25, 0.3) is 0 Å². The summed E-state index contributed by atoms with van der Waals surface area (Å²) < 4.78 is 30.8. The molecule has 0 spiro atoms. The van der Waals surface area contributed by atoms with Crippen LogP contribution < -0.4 is 15.2 Å². The van der Waals surface area contributed by atoms with Gasteiger partial charge in [-0.05, 0) is 67.3 Å². The summed E-state index contributed by atoms with van der Waals surface area (Å²) in [6.45, 7) is 5.98.